The van der Waals surface area contributed by atoms with Crippen LogP contribution in [-0.2, 0) is 6.42 Å². The van der Waals surface area contributed by atoms with Crippen LogP contribution in [0.3, 0.4) is 0 Å². The van der Waals surface area contributed by atoms with E-state index in [0.717, 1.165) is 11.5 Å². The van der Waals surface area contributed by atoms with Crippen molar-refractivity contribution in [1.82, 2.24) is 9.38 Å². The molecule has 2 heterocycles. The average Bonchev–Trinajstić information content (AvgIpc) is 3.05. The maximum atomic E-state index is 13.0. The molecule has 0 saturated carbocycles. The Morgan fingerprint density at radius 2 is 2.00 bits per heavy atom. The highest BCUT2D eigenvalue weighted by atomic mass is 16.5. The quantitative estimate of drug-likeness (QED) is 0.716. The lowest BCUT2D eigenvalue weighted by atomic mass is 10.2. The number of imidazole rings is 1. The fraction of sp³-hybridized carbons (Fsp3) is 0.263. The summed E-state index contributed by atoms with van der Waals surface area (Å²) in [5.41, 5.74) is 2.09. The Balaban J connectivity index is 2.09. The topological polar surface area (TPSA) is 56.1 Å². The molecule has 0 radical (unpaired) electrons. The molecular weight excluding hydrogens is 318 g/mol. The number of benzene rings is 1. The summed E-state index contributed by atoms with van der Waals surface area (Å²) in [6, 6.07) is 10.9. The Hall–Kier alpha value is -3.02. The molecule has 0 N–H and O–H groups in total. The van der Waals surface area contributed by atoms with Gasteiger partial charge < -0.3 is 9.47 Å². The Kier molecular flexibility index (Phi) is 4.61. The molecule has 0 aliphatic rings. The fourth-order valence-electron chi connectivity index (χ4n) is 2.87. The second-order valence-electron chi connectivity index (χ2n) is 5.60. The summed E-state index contributed by atoms with van der Waals surface area (Å²) >= 11 is 0. The number of aromatic nitrogens is 2. The summed E-state index contributed by atoms with van der Waals surface area (Å²) in [6.45, 7) is 2.02. The maximum absolute atomic E-state index is 13.0. The number of methoxy groups -OCH3 is 2. The van der Waals surface area contributed by atoms with Crippen LogP contribution in [-0.4, -0.2) is 36.6 Å². The van der Waals surface area contributed by atoms with Gasteiger partial charge in [0.05, 0.1) is 19.9 Å². The van der Waals surface area contributed by atoms with Crippen LogP contribution in [0.2, 0.25) is 0 Å². The average molecular weight is 339 g/mol. The van der Waals surface area contributed by atoms with Gasteiger partial charge in [0.25, 0.3) is 5.91 Å². The molecule has 0 aliphatic heterocycles. The van der Waals surface area contributed by atoms with Gasteiger partial charge in [-0.25, -0.2) is 4.98 Å². The minimum Gasteiger partial charge on any atom is -0.497 e. The normalized spacial score (nSPS) is 10.7. The molecule has 1 amide bonds. The third-order valence-electron chi connectivity index (χ3n) is 4.15. The van der Waals surface area contributed by atoms with E-state index in [1.807, 2.05) is 35.7 Å². The lowest BCUT2D eigenvalue weighted by Gasteiger charge is -2.18. The van der Waals surface area contributed by atoms with E-state index in [0.29, 0.717) is 29.1 Å². The van der Waals surface area contributed by atoms with Gasteiger partial charge in [0.2, 0.25) is 0 Å². The van der Waals surface area contributed by atoms with Crippen LogP contribution >= 0.6 is 0 Å². The highest BCUT2D eigenvalue weighted by Crippen LogP contribution is 2.28. The summed E-state index contributed by atoms with van der Waals surface area (Å²) in [5, 5.41) is 0. The largest absolute Gasteiger partial charge is 0.497 e. The van der Waals surface area contributed by atoms with Gasteiger partial charge in [-0.2, -0.15) is 0 Å². The van der Waals surface area contributed by atoms with Crippen LogP contribution < -0.4 is 14.4 Å². The van der Waals surface area contributed by atoms with Crippen LogP contribution in [0.15, 0.2) is 42.6 Å². The van der Waals surface area contributed by atoms with Gasteiger partial charge in [0.1, 0.15) is 11.6 Å². The van der Waals surface area contributed by atoms with Gasteiger partial charge >= 0.3 is 0 Å². The zero-order valence-electron chi connectivity index (χ0n) is 14.8. The van der Waals surface area contributed by atoms with Crippen molar-refractivity contribution in [1.29, 1.82) is 0 Å². The zero-order chi connectivity index (χ0) is 18.0. The number of fused-ring (bicyclic) bond motifs is 1. The van der Waals surface area contributed by atoms with E-state index in [9.17, 15) is 4.79 Å². The summed E-state index contributed by atoms with van der Waals surface area (Å²) in [5.74, 6) is 1.93. The Labute approximate surface area is 146 Å². The first-order valence-corrected chi connectivity index (χ1v) is 8.06. The van der Waals surface area contributed by atoms with E-state index in [1.54, 1.807) is 44.4 Å². The van der Waals surface area contributed by atoms with Gasteiger partial charge in [-0.1, -0.05) is 13.0 Å². The van der Waals surface area contributed by atoms with Crippen molar-refractivity contribution in [3.05, 3.63) is 53.9 Å². The molecule has 0 saturated heterocycles. The molecule has 0 atom stereocenters. The van der Waals surface area contributed by atoms with Crippen LogP contribution in [0.5, 0.6) is 11.5 Å². The van der Waals surface area contributed by atoms with Crippen LogP contribution in [0, 0.1) is 0 Å². The van der Waals surface area contributed by atoms with Crippen molar-refractivity contribution in [3.63, 3.8) is 0 Å². The van der Waals surface area contributed by atoms with E-state index < -0.39 is 0 Å². The molecule has 0 aliphatic carbocycles. The lowest BCUT2D eigenvalue weighted by molar-refractivity contribution is 0.0991. The van der Waals surface area contributed by atoms with Gasteiger partial charge in [0, 0.05) is 18.8 Å². The molecule has 0 fully saturated rings. The van der Waals surface area contributed by atoms with E-state index in [1.165, 1.54) is 0 Å². The van der Waals surface area contributed by atoms with Crippen molar-refractivity contribution < 1.29 is 14.3 Å². The highest BCUT2D eigenvalue weighted by molar-refractivity contribution is 6.06. The molecule has 1 aromatic carbocycles. The van der Waals surface area contributed by atoms with Crippen molar-refractivity contribution in [3.8, 4) is 11.5 Å². The molecule has 0 spiro atoms. The molecule has 3 rings (SSSR count). The molecule has 2 aromatic heterocycles. The summed E-state index contributed by atoms with van der Waals surface area (Å²) in [4.78, 5) is 19.2. The van der Waals surface area contributed by atoms with Gasteiger partial charge in [0.15, 0.2) is 11.4 Å². The second-order valence-corrected chi connectivity index (χ2v) is 5.60. The van der Waals surface area contributed by atoms with Crippen molar-refractivity contribution in [2.75, 3.05) is 26.2 Å². The van der Waals surface area contributed by atoms with E-state index in [4.69, 9.17) is 9.47 Å². The molecule has 130 valence electrons. The first-order valence-electron chi connectivity index (χ1n) is 8.06. The van der Waals surface area contributed by atoms with E-state index >= 15 is 0 Å². The Bertz CT molecular complexity index is 917. The second kappa shape index (κ2) is 6.84. The van der Waals surface area contributed by atoms with Crippen LogP contribution in [0.25, 0.3) is 5.65 Å². The lowest BCUT2D eigenvalue weighted by Crippen LogP contribution is -2.28. The maximum Gasteiger partial charge on any atom is 0.259 e. The number of ether oxygens (including phenoxy) is 2. The third kappa shape index (κ3) is 2.91. The minimum absolute atomic E-state index is 0.127. The Morgan fingerprint density at radius 3 is 2.68 bits per heavy atom. The standard InChI is InChI=1S/C19H21N3O3/c1-5-15-18(22-11-7-10-16(25-4)17(22)20-15)21(2)19(23)13-8-6-9-14(12-13)24-3/h6-12H,5H2,1-4H3. The fourth-order valence-corrected chi connectivity index (χ4v) is 2.87. The molecule has 0 unspecified atom stereocenters. The summed E-state index contributed by atoms with van der Waals surface area (Å²) in [7, 11) is 4.95. The number of nitrogens with zero attached hydrogens (tertiary/aromatic N) is 3. The third-order valence-corrected chi connectivity index (χ3v) is 4.15. The van der Waals surface area contributed by atoms with Crippen LogP contribution in [0.4, 0.5) is 5.82 Å². The van der Waals surface area contributed by atoms with E-state index in [-0.39, 0.29) is 5.91 Å². The summed E-state index contributed by atoms with van der Waals surface area (Å²) in [6.07, 6.45) is 2.59. The highest BCUT2D eigenvalue weighted by Gasteiger charge is 2.22. The predicted octanol–water partition coefficient (Wildman–Crippen LogP) is 3.19. The Morgan fingerprint density at radius 1 is 1.20 bits per heavy atom. The predicted molar refractivity (Wildman–Crippen MR) is 96.8 cm³/mol. The SMILES string of the molecule is CCc1nc2c(OC)cccn2c1N(C)C(=O)c1cccc(OC)c1. The van der Waals surface area contributed by atoms with E-state index in [2.05, 4.69) is 4.98 Å². The molecule has 3 aromatic rings. The number of carbonyl (C=O) groups excluding carboxylic acids is 1. The van der Waals surface area contributed by atoms with Gasteiger partial charge in [-0.3, -0.25) is 14.1 Å². The number of anilines is 1. The number of carbonyl (C=O) groups is 1. The number of aryl methyl sites for hydroxylation is 1. The van der Waals surface area contributed by atoms with Crippen LogP contribution in [0.1, 0.15) is 23.0 Å². The molecule has 6 nitrogen and oxygen atoms in total. The molecule has 6 heteroatoms. The number of rotatable bonds is 5. The minimum atomic E-state index is -0.127. The molecule has 0 bridgehead atoms. The first kappa shape index (κ1) is 16.8. The number of pyridine rings is 1. The molecule has 25 heavy (non-hydrogen) atoms. The van der Waals surface area contributed by atoms with Gasteiger partial charge in [-0.15, -0.1) is 0 Å². The monoisotopic (exact) mass is 339 g/mol. The van der Waals surface area contributed by atoms with Crippen molar-refractivity contribution in [2.24, 2.45) is 0 Å². The first-order chi connectivity index (χ1) is 12.1. The number of hydrogen-bond donors (Lipinski definition) is 0. The van der Waals surface area contributed by atoms with Crippen molar-refractivity contribution >= 4 is 17.4 Å². The van der Waals surface area contributed by atoms with Crippen molar-refractivity contribution in [2.45, 2.75) is 13.3 Å². The number of amides is 1. The molecular formula is C19H21N3O3. The number of hydrogen-bond acceptors (Lipinski definition) is 4. The van der Waals surface area contributed by atoms with Gasteiger partial charge in [-0.05, 0) is 36.8 Å². The summed E-state index contributed by atoms with van der Waals surface area (Å²) < 4.78 is 12.5. The zero-order valence-corrected chi connectivity index (χ0v) is 14.8. The smallest absolute Gasteiger partial charge is 0.259 e.